The number of nitrogens with zero attached hydrogens (tertiary/aromatic N) is 3. The lowest BCUT2D eigenvalue weighted by Gasteiger charge is -2.20. The number of carbonyl (C=O) groups is 1. The molecule has 2 aromatic carbocycles. The molecule has 0 unspecified atom stereocenters. The van der Waals surface area contributed by atoms with Crippen molar-refractivity contribution in [1.82, 2.24) is 14.9 Å². The lowest BCUT2D eigenvalue weighted by molar-refractivity contribution is 0.0941. The molecule has 140 valence electrons. The van der Waals surface area contributed by atoms with E-state index < -0.39 is 0 Å². The Morgan fingerprint density at radius 3 is 2.52 bits per heavy atom. The molecule has 1 atom stereocenters. The second-order valence-electron chi connectivity index (χ2n) is 6.52. The second kappa shape index (κ2) is 7.95. The molecule has 0 aliphatic heterocycles. The predicted molar refractivity (Wildman–Crippen MR) is 106 cm³/mol. The lowest BCUT2D eigenvalue weighted by Crippen LogP contribution is -2.31. The zero-order valence-corrected chi connectivity index (χ0v) is 16.0. The number of carbonyl (C=O) groups excluding carboxylic acids is 1. The number of nitrogens with one attached hydrogen (secondary N) is 1. The van der Waals surface area contributed by atoms with Gasteiger partial charge < -0.3 is 19.5 Å². The Labute approximate surface area is 159 Å². The maximum atomic E-state index is 12.9. The maximum Gasteiger partial charge on any atom is 0.252 e. The Morgan fingerprint density at radius 1 is 1.19 bits per heavy atom. The van der Waals surface area contributed by atoms with Gasteiger partial charge in [0.2, 0.25) is 0 Å². The van der Waals surface area contributed by atoms with Gasteiger partial charge in [-0.25, -0.2) is 4.98 Å². The van der Waals surface area contributed by atoms with E-state index in [1.54, 1.807) is 13.3 Å². The molecular formula is C21H24N4O2. The summed E-state index contributed by atoms with van der Waals surface area (Å²) in [7, 11) is 7.44. The number of hydrogen-bond donors (Lipinski definition) is 1. The number of aryl methyl sites for hydroxylation is 1. The van der Waals surface area contributed by atoms with Gasteiger partial charge >= 0.3 is 0 Å². The lowest BCUT2D eigenvalue weighted by atomic mass is 10.0. The average Bonchev–Trinajstić information content (AvgIpc) is 3.11. The van der Waals surface area contributed by atoms with Gasteiger partial charge in [-0.3, -0.25) is 4.79 Å². The van der Waals surface area contributed by atoms with Gasteiger partial charge in [-0.1, -0.05) is 18.2 Å². The molecule has 6 nitrogen and oxygen atoms in total. The van der Waals surface area contributed by atoms with Crippen LogP contribution in [0.2, 0.25) is 0 Å². The quantitative estimate of drug-likeness (QED) is 0.730. The summed E-state index contributed by atoms with van der Waals surface area (Å²) in [6.07, 6.45) is 3.59. The Bertz CT molecular complexity index is 916. The molecule has 6 heteroatoms. The molecule has 0 saturated carbocycles. The van der Waals surface area contributed by atoms with Crippen molar-refractivity contribution in [2.75, 3.05) is 26.1 Å². The van der Waals surface area contributed by atoms with E-state index in [2.05, 4.69) is 10.3 Å². The fourth-order valence-corrected chi connectivity index (χ4v) is 2.89. The molecule has 1 amide bonds. The number of imidazole rings is 1. The van der Waals surface area contributed by atoms with Crippen LogP contribution in [0, 0.1) is 0 Å². The first kappa shape index (κ1) is 18.5. The molecule has 0 aliphatic carbocycles. The van der Waals surface area contributed by atoms with Gasteiger partial charge in [0.1, 0.15) is 17.6 Å². The van der Waals surface area contributed by atoms with Gasteiger partial charge in [0.15, 0.2) is 0 Å². The Kier molecular flexibility index (Phi) is 5.45. The standard InChI is InChI=1S/C21H24N4O2/c1-24(2)17-7-5-6-16(14-17)21(26)23-19(20-22-12-13-25(20)3)15-8-10-18(27-4)11-9-15/h5-14,19H,1-4H3,(H,23,26)/t19-/m1/s1. The van der Waals surface area contributed by atoms with E-state index in [0.717, 1.165) is 22.8 Å². The van der Waals surface area contributed by atoms with Crippen molar-refractivity contribution in [1.29, 1.82) is 0 Å². The fourth-order valence-electron chi connectivity index (χ4n) is 2.89. The van der Waals surface area contributed by atoms with Crippen LogP contribution in [-0.2, 0) is 7.05 Å². The third kappa shape index (κ3) is 4.11. The van der Waals surface area contributed by atoms with Crippen LogP contribution in [0.25, 0.3) is 0 Å². The number of benzene rings is 2. The predicted octanol–water partition coefficient (Wildman–Crippen LogP) is 3.01. The van der Waals surface area contributed by atoms with Crippen LogP contribution in [0.4, 0.5) is 5.69 Å². The minimum atomic E-state index is -0.369. The van der Waals surface area contributed by atoms with E-state index in [0.29, 0.717) is 5.56 Å². The summed E-state index contributed by atoms with van der Waals surface area (Å²) in [6, 6.07) is 14.8. The molecule has 0 fully saturated rings. The summed E-state index contributed by atoms with van der Waals surface area (Å²) in [5, 5.41) is 3.11. The van der Waals surface area contributed by atoms with E-state index in [4.69, 9.17) is 4.74 Å². The first-order valence-electron chi connectivity index (χ1n) is 8.69. The van der Waals surface area contributed by atoms with Gasteiger partial charge in [-0.15, -0.1) is 0 Å². The van der Waals surface area contributed by atoms with Gasteiger partial charge in [0.25, 0.3) is 5.91 Å². The highest BCUT2D eigenvalue weighted by Crippen LogP contribution is 2.24. The Hall–Kier alpha value is -3.28. The molecule has 0 aliphatic rings. The fraction of sp³-hybridized carbons (Fsp3) is 0.238. The first-order valence-corrected chi connectivity index (χ1v) is 8.69. The molecule has 1 N–H and O–H groups in total. The summed E-state index contributed by atoms with van der Waals surface area (Å²) in [5.41, 5.74) is 2.51. The maximum absolute atomic E-state index is 12.9. The normalized spacial score (nSPS) is 11.7. The molecule has 0 bridgehead atoms. The minimum absolute atomic E-state index is 0.150. The molecule has 0 saturated heterocycles. The monoisotopic (exact) mass is 364 g/mol. The number of amides is 1. The van der Waals surface area contributed by atoms with Gasteiger partial charge in [0.05, 0.1) is 7.11 Å². The summed E-state index contributed by atoms with van der Waals surface area (Å²) in [4.78, 5) is 19.3. The smallest absolute Gasteiger partial charge is 0.252 e. The van der Waals surface area contributed by atoms with Crippen LogP contribution >= 0.6 is 0 Å². The van der Waals surface area contributed by atoms with Crippen molar-refractivity contribution in [3.8, 4) is 5.75 Å². The highest BCUT2D eigenvalue weighted by Gasteiger charge is 2.21. The summed E-state index contributed by atoms with van der Waals surface area (Å²) >= 11 is 0. The topological polar surface area (TPSA) is 59.4 Å². The average molecular weight is 364 g/mol. The van der Waals surface area contributed by atoms with Crippen molar-refractivity contribution in [2.24, 2.45) is 7.05 Å². The van der Waals surface area contributed by atoms with E-state index in [-0.39, 0.29) is 11.9 Å². The van der Waals surface area contributed by atoms with Crippen LogP contribution < -0.4 is 15.0 Å². The van der Waals surface area contributed by atoms with Crippen molar-refractivity contribution >= 4 is 11.6 Å². The minimum Gasteiger partial charge on any atom is -0.497 e. The number of rotatable bonds is 6. The van der Waals surface area contributed by atoms with E-state index in [1.165, 1.54) is 0 Å². The van der Waals surface area contributed by atoms with Crippen molar-refractivity contribution < 1.29 is 9.53 Å². The molecular weight excluding hydrogens is 340 g/mol. The molecule has 27 heavy (non-hydrogen) atoms. The molecule has 1 heterocycles. The second-order valence-corrected chi connectivity index (χ2v) is 6.52. The Morgan fingerprint density at radius 2 is 1.93 bits per heavy atom. The summed E-state index contributed by atoms with van der Waals surface area (Å²) in [5.74, 6) is 1.38. The van der Waals surface area contributed by atoms with E-state index >= 15 is 0 Å². The van der Waals surface area contributed by atoms with Crippen LogP contribution in [0.3, 0.4) is 0 Å². The van der Waals surface area contributed by atoms with E-state index in [1.807, 2.05) is 85.3 Å². The number of aromatic nitrogens is 2. The number of hydrogen-bond acceptors (Lipinski definition) is 4. The number of methoxy groups -OCH3 is 1. The zero-order valence-electron chi connectivity index (χ0n) is 16.0. The van der Waals surface area contributed by atoms with Gasteiger partial charge in [-0.05, 0) is 35.9 Å². The van der Waals surface area contributed by atoms with Crippen molar-refractivity contribution in [3.63, 3.8) is 0 Å². The third-order valence-corrected chi connectivity index (χ3v) is 4.47. The first-order chi connectivity index (χ1) is 13.0. The SMILES string of the molecule is COc1ccc([C@@H](NC(=O)c2cccc(N(C)C)c2)c2nccn2C)cc1. The highest BCUT2D eigenvalue weighted by molar-refractivity contribution is 5.95. The summed E-state index contributed by atoms with van der Waals surface area (Å²) in [6.45, 7) is 0. The number of ether oxygens (including phenoxy) is 1. The van der Waals surface area contributed by atoms with Crippen LogP contribution in [0.1, 0.15) is 27.8 Å². The molecule has 0 spiro atoms. The molecule has 3 rings (SSSR count). The highest BCUT2D eigenvalue weighted by atomic mass is 16.5. The Balaban J connectivity index is 1.92. The van der Waals surface area contributed by atoms with Crippen LogP contribution in [0.15, 0.2) is 60.9 Å². The van der Waals surface area contributed by atoms with E-state index in [9.17, 15) is 4.79 Å². The molecule has 3 aromatic rings. The van der Waals surface area contributed by atoms with Crippen molar-refractivity contribution in [2.45, 2.75) is 6.04 Å². The van der Waals surface area contributed by atoms with Crippen LogP contribution in [-0.4, -0.2) is 36.7 Å². The van der Waals surface area contributed by atoms with Gasteiger partial charge in [-0.2, -0.15) is 0 Å². The third-order valence-electron chi connectivity index (χ3n) is 4.47. The largest absolute Gasteiger partial charge is 0.497 e. The summed E-state index contributed by atoms with van der Waals surface area (Å²) < 4.78 is 7.14. The zero-order chi connectivity index (χ0) is 19.4. The molecule has 0 radical (unpaired) electrons. The van der Waals surface area contributed by atoms with Crippen LogP contribution in [0.5, 0.6) is 5.75 Å². The number of anilines is 1. The molecule has 1 aromatic heterocycles. The van der Waals surface area contributed by atoms with Gasteiger partial charge in [0, 0.05) is 44.8 Å². The van der Waals surface area contributed by atoms with Crippen molar-refractivity contribution in [3.05, 3.63) is 77.9 Å².